The van der Waals surface area contributed by atoms with Crippen molar-refractivity contribution in [1.82, 2.24) is 0 Å². The number of hydrogen-bond acceptors (Lipinski definition) is 3. The average molecular weight is 341 g/mol. The maximum atomic E-state index is 12.6. The van der Waals surface area contributed by atoms with E-state index in [2.05, 4.69) is 5.32 Å². The van der Waals surface area contributed by atoms with Crippen LogP contribution in [0.2, 0.25) is 0 Å². The first kappa shape index (κ1) is 18.7. The third-order valence-corrected chi connectivity index (χ3v) is 3.92. The molecule has 132 valence electrons. The second kappa shape index (κ2) is 7.94. The molecule has 0 bridgehead atoms. The normalized spacial score (nSPS) is 11.2. The highest BCUT2D eigenvalue weighted by molar-refractivity contribution is 5.97. The smallest absolute Gasteiger partial charge is 0.335 e. The third-order valence-electron chi connectivity index (χ3n) is 3.92. The number of carboxylic acids is 1. The summed E-state index contributed by atoms with van der Waals surface area (Å²) in [6.07, 6.45) is 0. The summed E-state index contributed by atoms with van der Waals surface area (Å²) in [5, 5.41) is 11.9. The molecule has 0 fully saturated rings. The summed E-state index contributed by atoms with van der Waals surface area (Å²) in [5.41, 5.74) is 1.74. The summed E-state index contributed by atoms with van der Waals surface area (Å²) in [6, 6.07) is 14.4. The van der Waals surface area contributed by atoms with Crippen LogP contribution in [-0.4, -0.2) is 23.6 Å². The lowest BCUT2D eigenvalue weighted by atomic mass is 9.93. The van der Waals surface area contributed by atoms with Gasteiger partial charge in [-0.15, -0.1) is 0 Å². The Morgan fingerprint density at radius 2 is 1.80 bits per heavy atom. The van der Waals surface area contributed by atoms with Crippen molar-refractivity contribution in [2.75, 3.05) is 11.9 Å². The first-order chi connectivity index (χ1) is 11.8. The molecule has 2 rings (SSSR count). The van der Waals surface area contributed by atoms with Crippen molar-refractivity contribution in [2.45, 2.75) is 27.4 Å². The Labute approximate surface area is 147 Å². The molecule has 5 heteroatoms. The molecule has 2 N–H and O–H groups in total. The molecule has 2 aromatic rings. The van der Waals surface area contributed by atoms with Crippen LogP contribution < -0.4 is 5.32 Å². The number of anilines is 1. The highest BCUT2D eigenvalue weighted by atomic mass is 16.5. The summed E-state index contributed by atoms with van der Waals surface area (Å²) >= 11 is 0. The lowest BCUT2D eigenvalue weighted by Gasteiger charge is -2.24. The molecular weight excluding hydrogens is 318 g/mol. The Morgan fingerprint density at radius 1 is 1.12 bits per heavy atom. The second-order valence-electron chi connectivity index (χ2n) is 6.65. The van der Waals surface area contributed by atoms with Crippen LogP contribution in [0.1, 0.15) is 35.3 Å². The van der Waals surface area contributed by atoms with Crippen molar-refractivity contribution in [1.29, 1.82) is 0 Å². The Kier molecular flexibility index (Phi) is 5.93. The van der Waals surface area contributed by atoms with Gasteiger partial charge in [-0.2, -0.15) is 0 Å². The number of aromatic carboxylic acids is 1. The number of carbonyl (C=O) groups is 2. The van der Waals surface area contributed by atoms with Crippen LogP contribution in [0.4, 0.5) is 5.69 Å². The Morgan fingerprint density at radius 3 is 2.44 bits per heavy atom. The lowest BCUT2D eigenvalue weighted by Crippen LogP contribution is -2.35. The monoisotopic (exact) mass is 341 g/mol. The number of amides is 1. The van der Waals surface area contributed by atoms with Gasteiger partial charge in [0.25, 0.3) is 0 Å². The fraction of sp³-hybridized carbons (Fsp3) is 0.300. The third kappa shape index (κ3) is 5.16. The quantitative estimate of drug-likeness (QED) is 0.801. The van der Waals surface area contributed by atoms with Crippen LogP contribution in [-0.2, 0) is 16.1 Å². The number of nitrogens with one attached hydrogen (secondary N) is 1. The van der Waals surface area contributed by atoms with E-state index in [4.69, 9.17) is 9.84 Å². The zero-order valence-corrected chi connectivity index (χ0v) is 14.7. The molecule has 0 saturated carbocycles. The van der Waals surface area contributed by atoms with E-state index in [1.165, 1.54) is 12.1 Å². The maximum Gasteiger partial charge on any atom is 0.335 e. The maximum absolute atomic E-state index is 12.6. The SMILES string of the molecule is Cc1ccc(C(=O)O)cc1NC(=O)C(C)(C)COCc1ccccc1. The average Bonchev–Trinajstić information content (AvgIpc) is 2.57. The van der Waals surface area contributed by atoms with Gasteiger partial charge >= 0.3 is 5.97 Å². The van der Waals surface area contributed by atoms with Gasteiger partial charge in [-0.05, 0) is 44.0 Å². The van der Waals surface area contributed by atoms with Gasteiger partial charge in [0.05, 0.1) is 24.2 Å². The molecule has 0 aliphatic heterocycles. The number of benzene rings is 2. The molecule has 0 spiro atoms. The van der Waals surface area contributed by atoms with Crippen molar-refractivity contribution in [3.05, 3.63) is 65.2 Å². The zero-order chi connectivity index (χ0) is 18.4. The van der Waals surface area contributed by atoms with Crippen LogP contribution in [0, 0.1) is 12.3 Å². The molecule has 0 heterocycles. The molecule has 0 radical (unpaired) electrons. The fourth-order valence-corrected chi connectivity index (χ4v) is 2.25. The van der Waals surface area contributed by atoms with Gasteiger partial charge in [-0.25, -0.2) is 4.79 Å². The lowest BCUT2D eigenvalue weighted by molar-refractivity contribution is -0.127. The summed E-state index contributed by atoms with van der Waals surface area (Å²) < 4.78 is 5.68. The van der Waals surface area contributed by atoms with E-state index in [-0.39, 0.29) is 18.1 Å². The summed E-state index contributed by atoms with van der Waals surface area (Å²) in [4.78, 5) is 23.7. The molecule has 0 saturated heterocycles. The van der Waals surface area contributed by atoms with Gasteiger partial charge in [-0.1, -0.05) is 36.4 Å². The molecular formula is C20H23NO4. The van der Waals surface area contributed by atoms with Crippen LogP contribution in [0.15, 0.2) is 48.5 Å². The highest BCUT2D eigenvalue weighted by Crippen LogP contribution is 2.23. The van der Waals surface area contributed by atoms with E-state index in [1.807, 2.05) is 37.3 Å². The zero-order valence-electron chi connectivity index (χ0n) is 14.7. The van der Waals surface area contributed by atoms with Gasteiger partial charge in [-0.3, -0.25) is 4.79 Å². The first-order valence-corrected chi connectivity index (χ1v) is 8.07. The number of rotatable bonds is 7. The molecule has 5 nitrogen and oxygen atoms in total. The molecule has 0 aliphatic rings. The van der Waals surface area contributed by atoms with E-state index in [9.17, 15) is 9.59 Å². The summed E-state index contributed by atoms with van der Waals surface area (Å²) in [6.45, 7) is 6.10. The Hall–Kier alpha value is -2.66. The minimum atomic E-state index is -1.03. The van der Waals surface area contributed by atoms with E-state index in [0.29, 0.717) is 12.3 Å². The molecule has 2 aromatic carbocycles. The van der Waals surface area contributed by atoms with Gasteiger partial charge < -0.3 is 15.2 Å². The predicted molar refractivity (Wildman–Crippen MR) is 96.6 cm³/mol. The van der Waals surface area contributed by atoms with Crippen molar-refractivity contribution in [2.24, 2.45) is 5.41 Å². The number of aryl methyl sites for hydroxylation is 1. The first-order valence-electron chi connectivity index (χ1n) is 8.07. The van der Waals surface area contributed by atoms with Gasteiger partial charge in [0.15, 0.2) is 0 Å². The Bertz CT molecular complexity index is 754. The van der Waals surface area contributed by atoms with Gasteiger partial charge in [0.1, 0.15) is 0 Å². The second-order valence-corrected chi connectivity index (χ2v) is 6.65. The van der Waals surface area contributed by atoms with Gasteiger partial charge in [0, 0.05) is 5.69 Å². The van der Waals surface area contributed by atoms with E-state index in [1.54, 1.807) is 19.9 Å². The van der Waals surface area contributed by atoms with Crippen molar-refractivity contribution in [3.8, 4) is 0 Å². The van der Waals surface area contributed by atoms with Crippen LogP contribution in [0.5, 0.6) is 0 Å². The topological polar surface area (TPSA) is 75.6 Å². The van der Waals surface area contributed by atoms with Gasteiger partial charge in [0.2, 0.25) is 5.91 Å². The van der Waals surface area contributed by atoms with E-state index in [0.717, 1.165) is 11.1 Å². The van der Waals surface area contributed by atoms with Crippen LogP contribution in [0.3, 0.4) is 0 Å². The number of carboxylic acid groups (broad SMARTS) is 1. The Balaban J connectivity index is 1.98. The van der Waals surface area contributed by atoms with Crippen LogP contribution >= 0.6 is 0 Å². The minimum Gasteiger partial charge on any atom is -0.478 e. The fourth-order valence-electron chi connectivity index (χ4n) is 2.25. The van der Waals surface area contributed by atoms with E-state index >= 15 is 0 Å². The number of hydrogen-bond donors (Lipinski definition) is 2. The molecule has 25 heavy (non-hydrogen) atoms. The number of carbonyl (C=O) groups excluding carboxylic acids is 1. The summed E-state index contributed by atoms with van der Waals surface area (Å²) in [7, 11) is 0. The van der Waals surface area contributed by atoms with Crippen molar-refractivity contribution >= 4 is 17.6 Å². The highest BCUT2D eigenvalue weighted by Gasteiger charge is 2.28. The van der Waals surface area contributed by atoms with Crippen LogP contribution in [0.25, 0.3) is 0 Å². The molecule has 0 unspecified atom stereocenters. The predicted octanol–water partition coefficient (Wildman–Crippen LogP) is 3.87. The molecule has 0 aromatic heterocycles. The molecule has 1 amide bonds. The number of ether oxygens (including phenoxy) is 1. The summed E-state index contributed by atoms with van der Waals surface area (Å²) in [5.74, 6) is -1.24. The molecule has 0 atom stereocenters. The van der Waals surface area contributed by atoms with Crippen molar-refractivity contribution < 1.29 is 19.4 Å². The standard InChI is InChI=1S/C20H23NO4/c1-14-9-10-16(18(22)23)11-17(14)21-19(24)20(2,3)13-25-12-15-7-5-4-6-8-15/h4-11H,12-13H2,1-3H3,(H,21,24)(H,22,23). The van der Waals surface area contributed by atoms with E-state index < -0.39 is 11.4 Å². The largest absolute Gasteiger partial charge is 0.478 e. The molecule has 0 aliphatic carbocycles. The van der Waals surface area contributed by atoms with Crippen molar-refractivity contribution in [3.63, 3.8) is 0 Å². The minimum absolute atomic E-state index is 0.138.